The molecule has 1 N–H and O–H groups in total. The molecule has 0 aliphatic carbocycles. The first-order valence-corrected chi connectivity index (χ1v) is 6.36. The van der Waals surface area contributed by atoms with Crippen LogP contribution in [0.5, 0.6) is 0 Å². The summed E-state index contributed by atoms with van der Waals surface area (Å²) in [6, 6.07) is 9.45. The molecule has 0 saturated heterocycles. The molecule has 3 rings (SSSR count). The fourth-order valence-electron chi connectivity index (χ4n) is 1.97. The molecule has 0 aliphatic heterocycles. The smallest absolute Gasteiger partial charge is 0.231 e. The predicted molar refractivity (Wildman–Crippen MR) is 76.5 cm³/mol. The molecule has 5 nitrogen and oxygen atoms in total. The van der Waals surface area contributed by atoms with E-state index in [1.54, 1.807) is 12.3 Å². The van der Waals surface area contributed by atoms with Crippen molar-refractivity contribution in [3.8, 4) is 0 Å². The monoisotopic (exact) mass is 266 g/mol. The summed E-state index contributed by atoms with van der Waals surface area (Å²) in [6.45, 7) is 1.95. The van der Waals surface area contributed by atoms with Gasteiger partial charge in [0.05, 0.1) is 12.1 Å². The van der Waals surface area contributed by atoms with Crippen molar-refractivity contribution in [1.82, 2.24) is 14.4 Å². The maximum Gasteiger partial charge on any atom is 0.231 e. The molecule has 0 fully saturated rings. The fraction of sp³-hybridized carbons (Fsp3) is 0.133. The standard InChI is InChI=1S/C15H14N4O/c1-11-5-6-13(16-9-11)18-15(20)8-12-10-19-7-3-2-4-14(19)17-12/h2-7,9-10H,8H2,1H3,(H,16,18,20). The predicted octanol–water partition coefficient (Wildman–Crippen LogP) is 2.22. The number of carbonyl (C=O) groups is 1. The zero-order valence-corrected chi connectivity index (χ0v) is 11.1. The Morgan fingerprint density at radius 1 is 1.30 bits per heavy atom. The van der Waals surface area contributed by atoms with Gasteiger partial charge in [-0.25, -0.2) is 9.97 Å². The van der Waals surface area contributed by atoms with E-state index < -0.39 is 0 Å². The number of carbonyl (C=O) groups excluding carboxylic acids is 1. The molecule has 0 aromatic carbocycles. The molecule has 0 aliphatic rings. The molecular weight excluding hydrogens is 252 g/mol. The number of aromatic nitrogens is 3. The Labute approximate surface area is 116 Å². The summed E-state index contributed by atoms with van der Waals surface area (Å²) < 4.78 is 1.90. The Hall–Kier alpha value is -2.69. The minimum Gasteiger partial charge on any atom is -0.310 e. The molecule has 0 bridgehead atoms. The van der Waals surface area contributed by atoms with Gasteiger partial charge < -0.3 is 9.72 Å². The molecule has 3 aromatic heterocycles. The van der Waals surface area contributed by atoms with Crippen molar-refractivity contribution in [1.29, 1.82) is 0 Å². The lowest BCUT2D eigenvalue weighted by molar-refractivity contribution is -0.115. The zero-order chi connectivity index (χ0) is 13.9. The number of aryl methyl sites for hydroxylation is 1. The van der Waals surface area contributed by atoms with Crippen LogP contribution in [0.15, 0.2) is 48.9 Å². The summed E-state index contributed by atoms with van der Waals surface area (Å²) in [5.41, 5.74) is 2.63. The van der Waals surface area contributed by atoms with E-state index in [2.05, 4.69) is 15.3 Å². The number of imidazole rings is 1. The highest BCUT2D eigenvalue weighted by Crippen LogP contribution is 2.07. The molecule has 1 amide bonds. The van der Waals surface area contributed by atoms with E-state index in [1.165, 1.54) is 0 Å². The Morgan fingerprint density at radius 3 is 2.95 bits per heavy atom. The Kier molecular flexibility index (Phi) is 3.16. The van der Waals surface area contributed by atoms with Crippen LogP contribution in [0.4, 0.5) is 5.82 Å². The van der Waals surface area contributed by atoms with E-state index >= 15 is 0 Å². The van der Waals surface area contributed by atoms with Crippen LogP contribution in [-0.2, 0) is 11.2 Å². The van der Waals surface area contributed by atoms with Crippen LogP contribution >= 0.6 is 0 Å². The summed E-state index contributed by atoms with van der Waals surface area (Å²) >= 11 is 0. The normalized spacial score (nSPS) is 10.7. The Bertz CT molecular complexity index is 713. The van der Waals surface area contributed by atoms with Gasteiger partial charge in [-0.05, 0) is 30.7 Å². The third-order valence-electron chi connectivity index (χ3n) is 2.93. The second-order valence-corrected chi connectivity index (χ2v) is 4.64. The fourth-order valence-corrected chi connectivity index (χ4v) is 1.97. The quantitative estimate of drug-likeness (QED) is 0.790. The van der Waals surface area contributed by atoms with Crippen LogP contribution in [0.1, 0.15) is 11.3 Å². The largest absolute Gasteiger partial charge is 0.310 e. The van der Waals surface area contributed by atoms with Crippen LogP contribution in [0, 0.1) is 6.92 Å². The third kappa shape index (κ3) is 2.66. The third-order valence-corrected chi connectivity index (χ3v) is 2.93. The van der Waals surface area contributed by atoms with Crippen molar-refractivity contribution in [2.24, 2.45) is 0 Å². The molecule has 20 heavy (non-hydrogen) atoms. The van der Waals surface area contributed by atoms with Gasteiger partial charge in [0.25, 0.3) is 0 Å². The molecular formula is C15H14N4O. The molecule has 0 radical (unpaired) electrons. The van der Waals surface area contributed by atoms with Gasteiger partial charge in [0.2, 0.25) is 5.91 Å². The number of anilines is 1. The van der Waals surface area contributed by atoms with Crippen molar-refractivity contribution in [2.45, 2.75) is 13.3 Å². The second kappa shape index (κ2) is 5.13. The van der Waals surface area contributed by atoms with Crippen LogP contribution in [0.2, 0.25) is 0 Å². The van der Waals surface area contributed by atoms with Gasteiger partial charge in [0.1, 0.15) is 11.5 Å². The number of nitrogens with zero attached hydrogens (tertiary/aromatic N) is 3. The van der Waals surface area contributed by atoms with E-state index in [1.807, 2.05) is 48.0 Å². The number of pyridine rings is 2. The van der Waals surface area contributed by atoms with Crippen LogP contribution < -0.4 is 5.32 Å². The molecule has 100 valence electrons. The van der Waals surface area contributed by atoms with E-state index in [-0.39, 0.29) is 12.3 Å². The number of fused-ring (bicyclic) bond motifs is 1. The zero-order valence-electron chi connectivity index (χ0n) is 11.1. The van der Waals surface area contributed by atoms with E-state index in [9.17, 15) is 4.79 Å². The molecule has 0 unspecified atom stereocenters. The van der Waals surface area contributed by atoms with Crippen molar-refractivity contribution in [3.05, 3.63) is 60.2 Å². The summed E-state index contributed by atoms with van der Waals surface area (Å²) in [5, 5.41) is 2.76. The SMILES string of the molecule is Cc1ccc(NC(=O)Cc2cn3ccccc3n2)nc1. The maximum atomic E-state index is 11.9. The van der Waals surface area contributed by atoms with Crippen molar-refractivity contribution >= 4 is 17.4 Å². The van der Waals surface area contributed by atoms with Gasteiger partial charge in [-0.1, -0.05) is 12.1 Å². The van der Waals surface area contributed by atoms with Gasteiger partial charge in [-0.3, -0.25) is 4.79 Å². The number of hydrogen-bond acceptors (Lipinski definition) is 3. The topological polar surface area (TPSA) is 59.3 Å². The van der Waals surface area contributed by atoms with Crippen molar-refractivity contribution in [2.75, 3.05) is 5.32 Å². The average molecular weight is 266 g/mol. The first-order valence-electron chi connectivity index (χ1n) is 6.36. The molecule has 0 spiro atoms. The average Bonchev–Trinajstić information content (AvgIpc) is 2.83. The summed E-state index contributed by atoms with van der Waals surface area (Å²) in [5.74, 6) is 0.439. The van der Waals surface area contributed by atoms with Crippen LogP contribution in [-0.4, -0.2) is 20.3 Å². The van der Waals surface area contributed by atoms with E-state index in [0.717, 1.165) is 16.9 Å². The molecule has 3 aromatic rings. The van der Waals surface area contributed by atoms with Crippen molar-refractivity contribution in [3.63, 3.8) is 0 Å². The van der Waals surface area contributed by atoms with E-state index in [4.69, 9.17) is 0 Å². The minimum absolute atomic E-state index is 0.121. The number of hydrogen-bond donors (Lipinski definition) is 1. The lowest BCUT2D eigenvalue weighted by atomic mass is 10.3. The molecule has 3 heterocycles. The lowest BCUT2D eigenvalue weighted by Crippen LogP contribution is -2.15. The van der Waals surface area contributed by atoms with Gasteiger partial charge in [-0.2, -0.15) is 0 Å². The second-order valence-electron chi connectivity index (χ2n) is 4.64. The minimum atomic E-state index is -0.121. The molecule has 0 saturated carbocycles. The van der Waals surface area contributed by atoms with Crippen LogP contribution in [0.25, 0.3) is 5.65 Å². The van der Waals surface area contributed by atoms with Crippen LogP contribution in [0.3, 0.4) is 0 Å². The summed E-state index contributed by atoms with van der Waals surface area (Å²) in [6.07, 6.45) is 5.72. The van der Waals surface area contributed by atoms with Gasteiger partial charge in [0.15, 0.2) is 0 Å². The number of nitrogens with one attached hydrogen (secondary N) is 1. The summed E-state index contributed by atoms with van der Waals surface area (Å²) in [7, 11) is 0. The van der Waals surface area contributed by atoms with Gasteiger partial charge in [-0.15, -0.1) is 0 Å². The Balaban J connectivity index is 1.70. The number of rotatable bonds is 3. The highest BCUT2D eigenvalue weighted by atomic mass is 16.1. The highest BCUT2D eigenvalue weighted by molar-refractivity contribution is 5.91. The lowest BCUT2D eigenvalue weighted by Gasteiger charge is -2.02. The maximum absolute atomic E-state index is 11.9. The first-order chi connectivity index (χ1) is 9.70. The van der Waals surface area contributed by atoms with Gasteiger partial charge >= 0.3 is 0 Å². The number of amides is 1. The van der Waals surface area contributed by atoms with Crippen molar-refractivity contribution < 1.29 is 4.79 Å². The first kappa shape index (κ1) is 12.3. The Morgan fingerprint density at radius 2 is 2.20 bits per heavy atom. The summed E-state index contributed by atoms with van der Waals surface area (Å²) in [4.78, 5) is 20.5. The molecule has 5 heteroatoms. The highest BCUT2D eigenvalue weighted by Gasteiger charge is 2.08. The molecule has 0 atom stereocenters. The van der Waals surface area contributed by atoms with E-state index in [0.29, 0.717) is 5.82 Å². The van der Waals surface area contributed by atoms with Gasteiger partial charge in [0, 0.05) is 18.6 Å².